The zero-order chi connectivity index (χ0) is 18.6. The van der Waals surface area contributed by atoms with Crippen LogP contribution in [0.2, 0.25) is 0 Å². The molecule has 1 aromatic heterocycles. The maximum atomic E-state index is 12.3. The third-order valence-electron chi connectivity index (χ3n) is 5.20. The number of carbonyl (C=O) groups is 1. The number of hydrogen-bond acceptors (Lipinski definition) is 3. The number of phenolic OH excluding ortho intramolecular Hbond substituents is 2. The Morgan fingerprint density at radius 3 is 2.28 bits per heavy atom. The van der Waals surface area contributed by atoms with Crippen LogP contribution in [0.25, 0.3) is 0 Å². The number of carbonyl (C=O) groups excluding carboxylic acids is 1. The Hall–Kier alpha value is -2.36. The van der Waals surface area contributed by atoms with Crippen LogP contribution in [-0.4, -0.2) is 16.0 Å². The summed E-state index contributed by atoms with van der Waals surface area (Å²) in [5.74, 6) is 0.0197. The summed E-state index contributed by atoms with van der Waals surface area (Å²) in [6.45, 7) is 9.30. The Kier molecular flexibility index (Phi) is 5.83. The van der Waals surface area contributed by atoms with Crippen molar-refractivity contribution < 1.29 is 19.6 Å². The van der Waals surface area contributed by atoms with Crippen molar-refractivity contribution in [1.82, 2.24) is 0 Å². The Balaban J connectivity index is 1.98. The average molecular weight is 342 g/mol. The highest BCUT2D eigenvalue weighted by atomic mass is 16.3. The number of aromatic nitrogens is 1. The van der Waals surface area contributed by atoms with Crippen LogP contribution >= 0.6 is 0 Å². The molecule has 0 radical (unpaired) electrons. The minimum Gasteiger partial charge on any atom is -0.504 e. The van der Waals surface area contributed by atoms with Gasteiger partial charge in [0.1, 0.15) is 0 Å². The number of hydrogen-bond donors (Lipinski definition) is 2. The van der Waals surface area contributed by atoms with E-state index in [1.54, 1.807) is 0 Å². The Morgan fingerprint density at radius 1 is 1.08 bits per heavy atom. The van der Waals surface area contributed by atoms with E-state index >= 15 is 0 Å². The van der Waals surface area contributed by atoms with Crippen molar-refractivity contribution in [2.24, 2.45) is 11.3 Å². The van der Waals surface area contributed by atoms with Gasteiger partial charge in [-0.2, -0.15) is 4.57 Å². The molecule has 2 aromatic rings. The number of phenols is 2. The molecule has 25 heavy (non-hydrogen) atoms. The number of ketones is 1. The molecule has 0 aliphatic carbocycles. The molecule has 0 saturated heterocycles. The molecule has 1 aromatic carbocycles. The zero-order valence-electron chi connectivity index (χ0n) is 15.5. The van der Waals surface area contributed by atoms with E-state index in [1.807, 2.05) is 17.0 Å². The molecule has 2 rings (SSSR count). The second-order valence-electron chi connectivity index (χ2n) is 7.65. The van der Waals surface area contributed by atoms with Gasteiger partial charge in [-0.1, -0.05) is 27.7 Å². The first-order valence-corrected chi connectivity index (χ1v) is 8.72. The van der Waals surface area contributed by atoms with Crippen LogP contribution in [0.3, 0.4) is 0 Å². The molecule has 0 amide bonds. The largest absolute Gasteiger partial charge is 0.504 e. The maximum absolute atomic E-state index is 12.3. The van der Waals surface area contributed by atoms with Crippen molar-refractivity contribution in [1.29, 1.82) is 0 Å². The summed E-state index contributed by atoms with van der Waals surface area (Å²) in [5.41, 5.74) is 1.95. The molecule has 0 saturated carbocycles. The summed E-state index contributed by atoms with van der Waals surface area (Å²) in [6, 6.07) is 8.24. The molecule has 134 valence electrons. The molecule has 0 bridgehead atoms. The molecule has 0 spiro atoms. The lowest BCUT2D eigenvalue weighted by Crippen LogP contribution is -2.37. The second-order valence-corrected chi connectivity index (χ2v) is 7.65. The van der Waals surface area contributed by atoms with Crippen LogP contribution in [-0.2, 0) is 13.0 Å². The highest BCUT2D eigenvalue weighted by molar-refractivity contribution is 5.95. The summed E-state index contributed by atoms with van der Waals surface area (Å²) in [6.07, 6.45) is 5.97. The van der Waals surface area contributed by atoms with Gasteiger partial charge in [-0.3, -0.25) is 4.79 Å². The summed E-state index contributed by atoms with van der Waals surface area (Å²) < 4.78 is 1.82. The molecule has 2 N–H and O–H groups in total. The third kappa shape index (κ3) is 5.05. The number of benzene rings is 1. The van der Waals surface area contributed by atoms with Gasteiger partial charge in [0.2, 0.25) is 12.3 Å². The minimum atomic E-state index is -0.279. The molecule has 0 fully saturated rings. The maximum Gasteiger partial charge on any atom is 0.227 e. The normalized spacial score (nSPS) is 11.7. The minimum absolute atomic E-state index is 0.117. The SMILES string of the molecule is CC(C)C(C)(C)CCc1cc[n+](CC(=O)c2ccc(O)c(O)c2)cc1. The average Bonchev–Trinajstić information content (AvgIpc) is 2.56. The lowest BCUT2D eigenvalue weighted by molar-refractivity contribution is -0.683. The fraction of sp³-hybridized carbons (Fsp3) is 0.429. The number of nitrogens with zero attached hydrogens (tertiary/aromatic N) is 1. The zero-order valence-corrected chi connectivity index (χ0v) is 15.5. The van der Waals surface area contributed by atoms with Gasteiger partial charge in [-0.05, 0) is 47.9 Å². The van der Waals surface area contributed by atoms with Gasteiger partial charge >= 0.3 is 0 Å². The monoisotopic (exact) mass is 342 g/mol. The van der Waals surface area contributed by atoms with Crippen molar-refractivity contribution in [3.63, 3.8) is 0 Å². The van der Waals surface area contributed by atoms with Gasteiger partial charge in [0.25, 0.3) is 0 Å². The molecular weight excluding hydrogens is 314 g/mol. The van der Waals surface area contributed by atoms with Gasteiger partial charge in [0, 0.05) is 17.7 Å². The number of aromatic hydroxyl groups is 2. The summed E-state index contributed by atoms with van der Waals surface area (Å²) >= 11 is 0. The van der Waals surface area contributed by atoms with E-state index in [4.69, 9.17) is 0 Å². The van der Waals surface area contributed by atoms with Crippen molar-refractivity contribution in [3.8, 4) is 11.5 Å². The molecule has 4 heteroatoms. The number of rotatable bonds is 7. The van der Waals surface area contributed by atoms with Gasteiger partial charge in [0.05, 0.1) is 0 Å². The van der Waals surface area contributed by atoms with E-state index in [2.05, 4.69) is 39.8 Å². The van der Waals surface area contributed by atoms with E-state index < -0.39 is 0 Å². The first kappa shape index (κ1) is 19.0. The van der Waals surface area contributed by atoms with Crippen LogP contribution in [0, 0.1) is 11.3 Å². The van der Waals surface area contributed by atoms with Crippen LogP contribution in [0.4, 0.5) is 0 Å². The highest BCUT2D eigenvalue weighted by Crippen LogP contribution is 2.31. The van der Waals surface area contributed by atoms with Crippen molar-refractivity contribution in [3.05, 3.63) is 53.9 Å². The van der Waals surface area contributed by atoms with E-state index in [-0.39, 0.29) is 23.8 Å². The number of Topliss-reactive ketones (excluding diaryl/α,β-unsaturated/α-hetero) is 1. The predicted molar refractivity (Wildman–Crippen MR) is 97.7 cm³/mol. The lowest BCUT2D eigenvalue weighted by Gasteiger charge is -2.29. The van der Waals surface area contributed by atoms with Crippen LogP contribution in [0.15, 0.2) is 42.7 Å². The van der Waals surface area contributed by atoms with Gasteiger partial charge in [0.15, 0.2) is 23.9 Å². The molecule has 0 aliphatic heterocycles. The lowest BCUT2D eigenvalue weighted by atomic mass is 9.77. The topological polar surface area (TPSA) is 61.4 Å². The smallest absolute Gasteiger partial charge is 0.227 e. The van der Waals surface area contributed by atoms with Crippen LogP contribution in [0.5, 0.6) is 11.5 Å². The first-order valence-electron chi connectivity index (χ1n) is 8.72. The van der Waals surface area contributed by atoms with E-state index in [1.165, 1.54) is 23.8 Å². The molecule has 4 nitrogen and oxygen atoms in total. The van der Waals surface area contributed by atoms with E-state index in [0.717, 1.165) is 12.8 Å². The Labute approximate surface area is 149 Å². The Morgan fingerprint density at radius 2 is 1.72 bits per heavy atom. The van der Waals surface area contributed by atoms with Crippen molar-refractivity contribution in [2.45, 2.75) is 47.1 Å². The molecule has 0 aliphatic rings. The Bertz CT molecular complexity index is 733. The van der Waals surface area contributed by atoms with Crippen molar-refractivity contribution in [2.75, 3.05) is 0 Å². The number of pyridine rings is 1. The van der Waals surface area contributed by atoms with E-state index in [0.29, 0.717) is 16.9 Å². The third-order valence-corrected chi connectivity index (χ3v) is 5.20. The summed E-state index contributed by atoms with van der Waals surface area (Å²) in [7, 11) is 0. The van der Waals surface area contributed by atoms with Gasteiger partial charge < -0.3 is 10.2 Å². The van der Waals surface area contributed by atoms with Gasteiger partial charge in [-0.25, -0.2) is 0 Å². The van der Waals surface area contributed by atoms with Crippen LogP contribution in [0.1, 0.15) is 50.0 Å². The number of aryl methyl sites for hydroxylation is 1. The van der Waals surface area contributed by atoms with E-state index in [9.17, 15) is 15.0 Å². The summed E-state index contributed by atoms with van der Waals surface area (Å²) in [5, 5.41) is 18.8. The molecular formula is C21H28NO3+. The van der Waals surface area contributed by atoms with Crippen LogP contribution < -0.4 is 4.57 Å². The van der Waals surface area contributed by atoms with Crippen molar-refractivity contribution >= 4 is 5.78 Å². The predicted octanol–water partition coefficient (Wildman–Crippen LogP) is 3.88. The fourth-order valence-corrected chi connectivity index (χ4v) is 2.47. The second kappa shape index (κ2) is 7.68. The molecule has 1 heterocycles. The highest BCUT2D eigenvalue weighted by Gasteiger charge is 2.22. The standard InChI is InChI=1S/C21H27NO3/c1-15(2)21(3,4)10-7-16-8-11-22(12-9-16)14-20(25)17-5-6-18(23)19(24)13-17/h5-6,8-9,11-13,15H,7,10,14H2,1-4H3,(H-,23,24,25)/p+1. The quantitative estimate of drug-likeness (QED) is 0.456. The first-order chi connectivity index (χ1) is 11.7. The summed E-state index contributed by atoms with van der Waals surface area (Å²) in [4.78, 5) is 12.3. The van der Waals surface area contributed by atoms with Gasteiger partial charge in [-0.15, -0.1) is 0 Å². The molecule has 0 atom stereocenters. The fourth-order valence-electron chi connectivity index (χ4n) is 2.47. The molecule has 0 unspecified atom stereocenters.